The van der Waals surface area contributed by atoms with E-state index in [-0.39, 0.29) is 11.0 Å². The van der Waals surface area contributed by atoms with Crippen LogP contribution in [-0.2, 0) is 6.61 Å². The van der Waals surface area contributed by atoms with Crippen LogP contribution in [-0.4, -0.2) is 16.9 Å². The molecule has 0 aliphatic heterocycles. The van der Waals surface area contributed by atoms with E-state index in [1.54, 1.807) is 48.5 Å². The molecule has 3 aromatic rings. The Bertz CT molecular complexity index is 977. The molecule has 7 heteroatoms. The van der Waals surface area contributed by atoms with Crippen LogP contribution in [0.1, 0.15) is 26.3 Å². The Hall–Kier alpha value is -3.71. The molecule has 0 radical (unpaired) electrons. The van der Waals surface area contributed by atoms with Crippen LogP contribution < -0.4 is 20.9 Å². The Morgan fingerprint density at radius 3 is 1.97 bits per heavy atom. The summed E-state index contributed by atoms with van der Waals surface area (Å²) in [4.78, 5) is 24.2. The molecule has 146 valence electrons. The average molecular weight is 405 g/mol. The van der Waals surface area contributed by atoms with Crippen molar-refractivity contribution in [3.8, 4) is 5.75 Å². The molecule has 2 amide bonds. The number of hydrazine groups is 1. The highest BCUT2D eigenvalue weighted by molar-refractivity contribution is 7.80. The van der Waals surface area contributed by atoms with E-state index < -0.39 is 5.91 Å². The Kier molecular flexibility index (Phi) is 6.91. The van der Waals surface area contributed by atoms with Crippen LogP contribution in [0.5, 0.6) is 5.75 Å². The summed E-state index contributed by atoms with van der Waals surface area (Å²) in [5, 5.41) is 2.49. The number of rotatable bonds is 5. The highest BCUT2D eigenvalue weighted by Crippen LogP contribution is 2.14. The predicted molar refractivity (Wildman–Crippen MR) is 114 cm³/mol. The van der Waals surface area contributed by atoms with Crippen LogP contribution in [0.3, 0.4) is 0 Å². The van der Waals surface area contributed by atoms with Crippen LogP contribution in [0.4, 0.5) is 0 Å². The van der Waals surface area contributed by atoms with Gasteiger partial charge in [-0.15, -0.1) is 0 Å². The number of carbonyl (C=O) groups excluding carboxylic acids is 2. The van der Waals surface area contributed by atoms with Gasteiger partial charge >= 0.3 is 0 Å². The highest BCUT2D eigenvalue weighted by Gasteiger charge is 2.09. The Morgan fingerprint density at radius 1 is 0.724 bits per heavy atom. The first-order valence-electron chi connectivity index (χ1n) is 8.85. The van der Waals surface area contributed by atoms with Gasteiger partial charge < -0.3 is 4.74 Å². The number of amides is 2. The largest absolute Gasteiger partial charge is 0.489 e. The first kappa shape index (κ1) is 20.0. The summed E-state index contributed by atoms with van der Waals surface area (Å²) >= 11 is 5.02. The third-order valence-corrected chi connectivity index (χ3v) is 4.12. The van der Waals surface area contributed by atoms with Crippen LogP contribution in [0.25, 0.3) is 0 Å². The molecule has 0 heterocycles. The van der Waals surface area contributed by atoms with E-state index in [1.807, 2.05) is 36.4 Å². The maximum absolute atomic E-state index is 12.2. The molecule has 0 bridgehead atoms. The molecular formula is C22H19N3O3S. The molecular weight excluding hydrogens is 386 g/mol. The summed E-state index contributed by atoms with van der Waals surface area (Å²) in [6.07, 6.45) is 0. The zero-order chi connectivity index (χ0) is 20.5. The van der Waals surface area contributed by atoms with Crippen molar-refractivity contribution in [2.75, 3.05) is 0 Å². The minimum Gasteiger partial charge on any atom is -0.489 e. The molecule has 3 aromatic carbocycles. The van der Waals surface area contributed by atoms with E-state index >= 15 is 0 Å². The predicted octanol–water partition coefficient (Wildman–Crippen LogP) is 3.21. The fraction of sp³-hybridized carbons (Fsp3) is 0.0455. The van der Waals surface area contributed by atoms with E-state index in [2.05, 4.69) is 16.2 Å². The molecule has 3 rings (SSSR count). The molecule has 0 fully saturated rings. The third kappa shape index (κ3) is 6.15. The summed E-state index contributed by atoms with van der Waals surface area (Å²) in [5.41, 5.74) is 6.90. The number of nitrogens with one attached hydrogen (secondary N) is 3. The van der Waals surface area contributed by atoms with Gasteiger partial charge in [-0.3, -0.25) is 25.8 Å². The van der Waals surface area contributed by atoms with Crippen LogP contribution in [0.15, 0.2) is 84.9 Å². The molecule has 0 aliphatic carbocycles. The van der Waals surface area contributed by atoms with Crippen LogP contribution in [0, 0.1) is 0 Å². The third-order valence-electron chi connectivity index (χ3n) is 3.92. The van der Waals surface area contributed by atoms with Crippen LogP contribution in [0.2, 0.25) is 0 Å². The topological polar surface area (TPSA) is 79.5 Å². The van der Waals surface area contributed by atoms with Crippen molar-refractivity contribution in [2.45, 2.75) is 6.61 Å². The lowest BCUT2D eigenvalue weighted by molar-refractivity contribution is 0.0934. The van der Waals surface area contributed by atoms with Gasteiger partial charge in [0, 0.05) is 11.1 Å². The van der Waals surface area contributed by atoms with Gasteiger partial charge in [-0.1, -0.05) is 48.5 Å². The summed E-state index contributed by atoms with van der Waals surface area (Å²) in [5.74, 6) is -0.0998. The van der Waals surface area contributed by atoms with Crippen molar-refractivity contribution in [1.29, 1.82) is 0 Å². The lowest BCUT2D eigenvalue weighted by Crippen LogP contribution is -2.48. The van der Waals surface area contributed by atoms with Gasteiger partial charge in [0.15, 0.2) is 5.11 Å². The molecule has 6 nitrogen and oxygen atoms in total. The van der Waals surface area contributed by atoms with E-state index in [0.29, 0.717) is 23.5 Å². The van der Waals surface area contributed by atoms with Crippen molar-refractivity contribution >= 4 is 29.1 Å². The average Bonchev–Trinajstić information content (AvgIpc) is 2.77. The molecule has 29 heavy (non-hydrogen) atoms. The van der Waals surface area contributed by atoms with E-state index in [9.17, 15) is 9.59 Å². The summed E-state index contributed by atoms with van der Waals surface area (Å²) in [6, 6.07) is 25.2. The first-order chi connectivity index (χ1) is 14.1. The second kappa shape index (κ2) is 10.0. The summed E-state index contributed by atoms with van der Waals surface area (Å²) in [6.45, 7) is 0.448. The second-order valence-corrected chi connectivity index (χ2v) is 6.44. The monoisotopic (exact) mass is 405 g/mol. The number of benzene rings is 3. The van der Waals surface area contributed by atoms with Crippen molar-refractivity contribution in [3.63, 3.8) is 0 Å². The maximum atomic E-state index is 12.2. The van der Waals surface area contributed by atoms with Gasteiger partial charge in [-0.25, -0.2) is 0 Å². The highest BCUT2D eigenvalue weighted by atomic mass is 32.1. The van der Waals surface area contributed by atoms with Crippen molar-refractivity contribution in [1.82, 2.24) is 16.2 Å². The lowest BCUT2D eigenvalue weighted by atomic mass is 10.2. The lowest BCUT2D eigenvalue weighted by Gasteiger charge is -2.11. The Morgan fingerprint density at radius 2 is 1.31 bits per heavy atom. The fourth-order valence-corrected chi connectivity index (χ4v) is 2.57. The van der Waals surface area contributed by atoms with Gasteiger partial charge in [0.2, 0.25) is 0 Å². The number of ether oxygens (including phenoxy) is 1. The second-order valence-electron chi connectivity index (χ2n) is 6.03. The molecule has 0 aromatic heterocycles. The van der Waals surface area contributed by atoms with E-state index in [0.717, 1.165) is 5.56 Å². The Balaban J connectivity index is 1.45. The van der Waals surface area contributed by atoms with Gasteiger partial charge in [0.05, 0.1) is 0 Å². The van der Waals surface area contributed by atoms with Crippen molar-refractivity contribution in [3.05, 3.63) is 102 Å². The maximum Gasteiger partial charge on any atom is 0.269 e. The van der Waals surface area contributed by atoms with Gasteiger partial charge in [0.1, 0.15) is 12.4 Å². The molecule has 0 atom stereocenters. The zero-order valence-corrected chi connectivity index (χ0v) is 16.2. The van der Waals surface area contributed by atoms with Gasteiger partial charge in [0.25, 0.3) is 11.8 Å². The molecule has 0 spiro atoms. The van der Waals surface area contributed by atoms with Crippen LogP contribution >= 0.6 is 12.2 Å². The number of thiocarbonyl (C=S) groups is 1. The normalized spacial score (nSPS) is 9.93. The minimum absolute atomic E-state index is 0.00461. The van der Waals surface area contributed by atoms with E-state index in [4.69, 9.17) is 17.0 Å². The molecule has 3 N–H and O–H groups in total. The Labute approximate surface area is 173 Å². The smallest absolute Gasteiger partial charge is 0.269 e. The number of carbonyl (C=O) groups is 2. The van der Waals surface area contributed by atoms with Crippen molar-refractivity contribution in [2.24, 2.45) is 0 Å². The fourth-order valence-electron chi connectivity index (χ4n) is 2.43. The minimum atomic E-state index is -0.393. The van der Waals surface area contributed by atoms with E-state index in [1.165, 1.54) is 0 Å². The molecule has 0 saturated heterocycles. The summed E-state index contributed by atoms with van der Waals surface area (Å²) < 4.78 is 5.70. The van der Waals surface area contributed by atoms with Gasteiger partial charge in [-0.2, -0.15) is 0 Å². The number of hydrogen-bond donors (Lipinski definition) is 3. The quantitative estimate of drug-likeness (QED) is 0.449. The number of hydrogen-bond acceptors (Lipinski definition) is 4. The summed E-state index contributed by atoms with van der Waals surface area (Å²) in [7, 11) is 0. The molecule has 0 saturated carbocycles. The van der Waals surface area contributed by atoms with Gasteiger partial charge in [-0.05, 0) is 54.2 Å². The standard InChI is InChI=1S/C22H19N3O3S/c26-20(17-9-5-2-6-10-17)23-22(29)25-24-21(27)18-11-13-19(14-12-18)28-15-16-7-3-1-4-8-16/h1-14H,15H2,(H,24,27)(H2,23,25,26,29). The van der Waals surface area contributed by atoms with Crippen molar-refractivity contribution < 1.29 is 14.3 Å². The molecule has 0 unspecified atom stereocenters. The SMILES string of the molecule is O=C(NNC(=S)NC(=O)c1ccccc1)c1ccc(OCc2ccccc2)cc1. The molecule has 0 aliphatic rings. The zero-order valence-electron chi connectivity index (χ0n) is 15.4. The first-order valence-corrected chi connectivity index (χ1v) is 9.26.